The first-order valence-electron chi connectivity index (χ1n) is 1.31. The molecule has 0 aliphatic carbocycles. The maximum absolute atomic E-state index is 9.67. The van der Waals surface area contributed by atoms with Gasteiger partial charge in [-0.05, 0) is 0 Å². The summed E-state index contributed by atoms with van der Waals surface area (Å²) in [5.41, 5.74) is 0. The second-order valence-electron chi connectivity index (χ2n) is 0.495. The molecule has 0 aliphatic heterocycles. The van der Waals surface area contributed by atoms with Crippen LogP contribution in [0.5, 0.6) is 0 Å². The first kappa shape index (κ1) is 22.4. The molecule has 0 aliphatic rings. The van der Waals surface area contributed by atoms with Gasteiger partial charge in [0.15, 0.2) is 0 Å². The Morgan fingerprint density at radius 3 is 0.600 bits per heavy atom. The predicted molar refractivity (Wildman–Crippen MR) is 24.6 cm³/mol. The van der Waals surface area contributed by atoms with Gasteiger partial charge in [-0.1, -0.05) is 0 Å². The Morgan fingerprint density at radius 1 is 0.600 bits per heavy atom. The molecule has 8 heteroatoms. The molecule has 0 fully saturated rings. The van der Waals surface area contributed by atoms with Gasteiger partial charge in [-0.15, -0.1) is 0 Å². The van der Waals surface area contributed by atoms with Crippen molar-refractivity contribution in [3.05, 3.63) is 0 Å². The van der Waals surface area contributed by atoms with E-state index in [9.17, 15) is 26.3 Å². The average molecular weight is 181 g/mol. The molecule has 10 heavy (non-hydrogen) atoms. The number of hydrogen-bond acceptors (Lipinski definition) is 0. The molecule has 0 atom stereocenters. The van der Waals surface area contributed by atoms with Crippen LogP contribution in [0.2, 0.25) is 0 Å². The molecule has 0 aromatic rings. The van der Waals surface area contributed by atoms with Gasteiger partial charge in [0.05, 0.1) is 0 Å². The van der Waals surface area contributed by atoms with Crippen molar-refractivity contribution in [2.45, 2.75) is 13.4 Å². The zero-order valence-electron chi connectivity index (χ0n) is 4.92. The van der Waals surface area contributed by atoms with Crippen molar-refractivity contribution in [2.75, 3.05) is 0 Å². The van der Waals surface area contributed by atoms with Crippen molar-refractivity contribution in [1.29, 1.82) is 0 Å². The summed E-state index contributed by atoms with van der Waals surface area (Å²) in [6, 6.07) is 0. The van der Waals surface area contributed by atoms with Crippen LogP contribution < -0.4 is 18.9 Å². The van der Waals surface area contributed by atoms with Crippen LogP contribution in [0.1, 0.15) is 0 Å². The van der Waals surface area contributed by atoms with E-state index in [1.54, 1.807) is 0 Å². The van der Waals surface area contributed by atoms with E-state index in [1.165, 1.54) is 0 Å². The summed E-state index contributed by atoms with van der Waals surface area (Å²) in [4.78, 5) is 0. The first-order valence-corrected chi connectivity index (χ1v) is 1.31. The molecule has 0 aromatic heterocycles. The van der Waals surface area contributed by atoms with Gasteiger partial charge < -0.3 is 0 Å². The van der Waals surface area contributed by atoms with Gasteiger partial charge >= 0.3 is 32.2 Å². The molecular formula is C2H4F6LiS+. The third kappa shape index (κ3) is 1740. The molecule has 0 heterocycles. The molecule has 0 saturated heterocycles. The van der Waals surface area contributed by atoms with Gasteiger partial charge in [0.2, 0.25) is 0 Å². The van der Waals surface area contributed by atoms with E-state index >= 15 is 0 Å². The Labute approximate surface area is 72.6 Å². The summed E-state index contributed by atoms with van der Waals surface area (Å²) in [6.45, 7) is -7.33. The van der Waals surface area contributed by atoms with Crippen molar-refractivity contribution in [3.63, 3.8) is 0 Å². The van der Waals surface area contributed by atoms with Gasteiger partial charge in [-0.3, -0.25) is 0 Å². The summed E-state index contributed by atoms with van der Waals surface area (Å²) in [6.07, 6.45) is 0. The van der Waals surface area contributed by atoms with Crippen molar-refractivity contribution in [2.24, 2.45) is 0 Å². The Kier molecular flexibility index (Phi) is 36.5. The second-order valence-corrected chi connectivity index (χ2v) is 0.495. The molecule has 60 valence electrons. The standard InChI is InChI=1S/2CHF3.Li.H2S/c2*2-1(3)4;;/h2*1H;;1H2/q;;+1;. The van der Waals surface area contributed by atoms with E-state index in [2.05, 4.69) is 0 Å². The third-order valence-corrected chi connectivity index (χ3v) is 0. The summed E-state index contributed by atoms with van der Waals surface area (Å²) < 4.78 is 58.0. The number of alkyl halides is 6. The van der Waals surface area contributed by atoms with E-state index in [-0.39, 0.29) is 32.4 Å². The van der Waals surface area contributed by atoms with Crippen LogP contribution in [0.3, 0.4) is 0 Å². The quantitative estimate of drug-likeness (QED) is 0.348. The molecule has 0 radical (unpaired) electrons. The van der Waals surface area contributed by atoms with Gasteiger partial charge in [0, 0.05) is 0 Å². The molecule has 0 nitrogen and oxygen atoms in total. The molecule has 0 unspecified atom stereocenters. The van der Waals surface area contributed by atoms with Gasteiger partial charge in [-0.2, -0.15) is 39.8 Å². The average Bonchev–Trinajstić information content (AvgIpc) is 1.25. The van der Waals surface area contributed by atoms with Crippen LogP contribution in [0, 0.1) is 0 Å². The minimum absolute atomic E-state index is 0. The summed E-state index contributed by atoms with van der Waals surface area (Å²) in [7, 11) is 0. The Bertz CT molecular complexity index is 31.2. The zero-order valence-corrected chi connectivity index (χ0v) is 5.92. The largest absolute Gasteiger partial charge is 1.00 e. The summed E-state index contributed by atoms with van der Waals surface area (Å²) >= 11 is 0. The van der Waals surface area contributed by atoms with Crippen LogP contribution in [0.15, 0.2) is 0 Å². The normalized spacial score (nSPS) is 7.20. The van der Waals surface area contributed by atoms with Crippen LogP contribution in [-0.4, -0.2) is 13.4 Å². The van der Waals surface area contributed by atoms with Gasteiger partial charge in [0.1, 0.15) is 0 Å². The molecule has 0 N–H and O–H groups in total. The van der Waals surface area contributed by atoms with Crippen LogP contribution in [0.4, 0.5) is 26.3 Å². The van der Waals surface area contributed by atoms with E-state index in [4.69, 9.17) is 0 Å². The molecule has 0 aromatic carbocycles. The molecule has 0 rings (SSSR count). The minimum Gasteiger partial charge on any atom is -0.197 e. The fourth-order valence-electron chi connectivity index (χ4n) is 0. The topological polar surface area (TPSA) is 0 Å². The maximum atomic E-state index is 9.67. The number of rotatable bonds is 0. The van der Waals surface area contributed by atoms with Crippen molar-refractivity contribution >= 4 is 13.5 Å². The first-order chi connectivity index (χ1) is 3.46. The molecule has 0 saturated carbocycles. The van der Waals surface area contributed by atoms with Crippen LogP contribution in [0.25, 0.3) is 0 Å². The van der Waals surface area contributed by atoms with Crippen LogP contribution >= 0.6 is 13.5 Å². The number of halogens is 6. The molecule has 0 spiro atoms. The maximum Gasteiger partial charge on any atom is 1.00 e. The predicted octanol–water partition coefficient (Wildman–Crippen LogP) is -0.526. The zero-order chi connectivity index (χ0) is 7.15. The molecular weight excluding hydrogens is 177 g/mol. The monoisotopic (exact) mass is 181 g/mol. The summed E-state index contributed by atoms with van der Waals surface area (Å²) in [5, 5.41) is 0. The fourth-order valence-corrected chi connectivity index (χ4v) is 0. The summed E-state index contributed by atoms with van der Waals surface area (Å²) in [5.74, 6) is 0. The SMILES string of the molecule is FC(F)F.FC(F)F.S.[Li+]. The van der Waals surface area contributed by atoms with Crippen molar-refractivity contribution in [1.82, 2.24) is 0 Å². The fraction of sp³-hybridized carbons (Fsp3) is 1.00. The van der Waals surface area contributed by atoms with Crippen molar-refractivity contribution in [3.8, 4) is 0 Å². The minimum atomic E-state index is -3.67. The van der Waals surface area contributed by atoms with E-state index < -0.39 is 13.4 Å². The van der Waals surface area contributed by atoms with E-state index in [1.807, 2.05) is 0 Å². The van der Waals surface area contributed by atoms with Gasteiger partial charge in [-0.25, -0.2) is 0 Å². The number of hydrogen-bond donors (Lipinski definition) is 0. The third-order valence-electron chi connectivity index (χ3n) is 0. The van der Waals surface area contributed by atoms with Crippen molar-refractivity contribution < 1.29 is 45.2 Å². The Balaban J connectivity index is -0.0000000300. The molecule has 0 amide bonds. The molecule has 0 bridgehead atoms. The van der Waals surface area contributed by atoms with Gasteiger partial charge in [0.25, 0.3) is 0 Å². The van der Waals surface area contributed by atoms with E-state index in [0.29, 0.717) is 0 Å². The smallest absolute Gasteiger partial charge is 0.197 e. The second kappa shape index (κ2) is 16.3. The van der Waals surface area contributed by atoms with Crippen LogP contribution in [-0.2, 0) is 0 Å². The van der Waals surface area contributed by atoms with E-state index in [0.717, 1.165) is 0 Å². The Morgan fingerprint density at radius 2 is 0.600 bits per heavy atom. The Hall–Kier alpha value is 0.527.